The van der Waals surface area contributed by atoms with E-state index in [1.54, 1.807) is 11.3 Å². The first-order chi connectivity index (χ1) is 10.6. The smallest absolute Gasteiger partial charge is 0.142 e. The van der Waals surface area contributed by atoms with E-state index in [1.807, 2.05) is 43.5 Å². The van der Waals surface area contributed by atoms with E-state index in [0.717, 1.165) is 10.6 Å². The Labute approximate surface area is 134 Å². The van der Waals surface area contributed by atoms with Crippen LogP contribution in [0, 0.1) is 13.8 Å². The molecule has 4 heteroatoms. The van der Waals surface area contributed by atoms with E-state index in [9.17, 15) is 0 Å². The van der Waals surface area contributed by atoms with Gasteiger partial charge in [-0.1, -0.05) is 24.3 Å². The summed E-state index contributed by atoms with van der Waals surface area (Å²) in [6.07, 6.45) is 1.87. The van der Waals surface area contributed by atoms with Crippen molar-refractivity contribution in [1.29, 1.82) is 0 Å². The largest absolute Gasteiger partial charge is 0.487 e. The monoisotopic (exact) mass is 310 g/mol. The molecule has 0 saturated carbocycles. The Hall–Kier alpha value is -2.33. The maximum absolute atomic E-state index is 6.12. The molecule has 112 valence electrons. The first-order valence-corrected chi connectivity index (χ1v) is 7.95. The summed E-state index contributed by atoms with van der Waals surface area (Å²) in [6.45, 7) is 4.65. The number of ether oxygens (including phenoxy) is 1. The van der Waals surface area contributed by atoms with Gasteiger partial charge in [0.1, 0.15) is 17.4 Å². The van der Waals surface area contributed by atoms with Crippen molar-refractivity contribution in [3.8, 4) is 16.3 Å². The summed E-state index contributed by atoms with van der Waals surface area (Å²) in [5, 5.41) is 0.981. The van der Waals surface area contributed by atoms with E-state index in [4.69, 9.17) is 10.5 Å². The molecule has 2 aromatic carbocycles. The minimum atomic E-state index is 0.520. The third-order valence-corrected chi connectivity index (χ3v) is 4.48. The molecule has 0 fully saturated rings. The van der Waals surface area contributed by atoms with Gasteiger partial charge in [0, 0.05) is 16.6 Å². The standard InChI is InChI=1S/C18H18N2OS/c1-12-5-3-4-6-15(12)11-21-17-8-7-14(9-16(17)19)18-20-10-13(2)22-18/h3-10H,11,19H2,1-2H3. The summed E-state index contributed by atoms with van der Waals surface area (Å²) in [4.78, 5) is 5.57. The van der Waals surface area contributed by atoms with Gasteiger partial charge in [-0.15, -0.1) is 11.3 Å². The Morgan fingerprint density at radius 1 is 1.14 bits per heavy atom. The van der Waals surface area contributed by atoms with Crippen LogP contribution >= 0.6 is 11.3 Å². The highest BCUT2D eigenvalue weighted by molar-refractivity contribution is 7.14. The topological polar surface area (TPSA) is 48.1 Å². The predicted octanol–water partition coefficient (Wildman–Crippen LogP) is 4.59. The van der Waals surface area contributed by atoms with Crippen molar-refractivity contribution in [2.75, 3.05) is 5.73 Å². The van der Waals surface area contributed by atoms with Crippen LogP contribution in [0.5, 0.6) is 5.75 Å². The predicted molar refractivity (Wildman–Crippen MR) is 92.2 cm³/mol. The zero-order chi connectivity index (χ0) is 15.5. The Balaban J connectivity index is 1.77. The van der Waals surface area contributed by atoms with Crippen LogP contribution in [0.15, 0.2) is 48.7 Å². The van der Waals surface area contributed by atoms with Crippen LogP contribution < -0.4 is 10.5 Å². The van der Waals surface area contributed by atoms with Gasteiger partial charge in [0.2, 0.25) is 0 Å². The minimum absolute atomic E-state index is 0.520. The molecule has 0 aliphatic carbocycles. The zero-order valence-corrected chi connectivity index (χ0v) is 13.5. The van der Waals surface area contributed by atoms with Crippen LogP contribution in [0.1, 0.15) is 16.0 Å². The summed E-state index contributed by atoms with van der Waals surface area (Å²) in [5.74, 6) is 0.709. The van der Waals surface area contributed by atoms with E-state index < -0.39 is 0 Å². The van der Waals surface area contributed by atoms with Crippen molar-refractivity contribution in [2.24, 2.45) is 0 Å². The molecule has 22 heavy (non-hydrogen) atoms. The number of benzene rings is 2. The Bertz CT molecular complexity index is 795. The fourth-order valence-electron chi connectivity index (χ4n) is 2.23. The second-order valence-electron chi connectivity index (χ2n) is 5.24. The highest BCUT2D eigenvalue weighted by atomic mass is 32.1. The highest BCUT2D eigenvalue weighted by Crippen LogP contribution is 2.31. The van der Waals surface area contributed by atoms with Gasteiger partial charge < -0.3 is 10.5 Å². The molecule has 0 spiro atoms. The Kier molecular flexibility index (Phi) is 4.11. The summed E-state index contributed by atoms with van der Waals surface area (Å²) >= 11 is 1.66. The number of aromatic nitrogens is 1. The molecule has 0 atom stereocenters. The van der Waals surface area contributed by atoms with Gasteiger partial charge in [-0.25, -0.2) is 4.98 Å². The minimum Gasteiger partial charge on any atom is -0.487 e. The molecule has 0 amide bonds. The number of thiazole rings is 1. The first kappa shape index (κ1) is 14.6. The van der Waals surface area contributed by atoms with Crippen LogP contribution in [-0.2, 0) is 6.61 Å². The number of hydrogen-bond acceptors (Lipinski definition) is 4. The van der Waals surface area contributed by atoms with E-state index in [2.05, 4.69) is 24.0 Å². The second kappa shape index (κ2) is 6.20. The lowest BCUT2D eigenvalue weighted by molar-refractivity contribution is 0.307. The maximum Gasteiger partial charge on any atom is 0.142 e. The highest BCUT2D eigenvalue weighted by Gasteiger charge is 2.07. The molecule has 3 aromatic rings. The molecule has 0 saturated heterocycles. The number of nitrogens with zero attached hydrogens (tertiary/aromatic N) is 1. The van der Waals surface area contributed by atoms with Crippen LogP contribution in [0.3, 0.4) is 0 Å². The van der Waals surface area contributed by atoms with Crippen molar-refractivity contribution < 1.29 is 4.74 Å². The molecule has 0 unspecified atom stereocenters. The lowest BCUT2D eigenvalue weighted by Crippen LogP contribution is -2.00. The van der Waals surface area contributed by atoms with Gasteiger partial charge >= 0.3 is 0 Å². The molecule has 0 bridgehead atoms. The third kappa shape index (κ3) is 3.12. The fraction of sp³-hybridized carbons (Fsp3) is 0.167. The first-order valence-electron chi connectivity index (χ1n) is 7.13. The molecule has 0 aliphatic rings. The van der Waals surface area contributed by atoms with Crippen LogP contribution in [-0.4, -0.2) is 4.98 Å². The number of anilines is 1. The fourth-order valence-corrected chi connectivity index (χ4v) is 2.99. The van der Waals surface area contributed by atoms with Crippen LogP contribution in [0.4, 0.5) is 5.69 Å². The average molecular weight is 310 g/mol. The lowest BCUT2D eigenvalue weighted by Gasteiger charge is -2.11. The Morgan fingerprint density at radius 3 is 2.64 bits per heavy atom. The summed E-state index contributed by atoms with van der Waals surface area (Å²) < 4.78 is 5.86. The van der Waals surface area contributed by atoms with E-state index in [1.165, 1.54) is 16.0 Å². The molecular weight excluding hydrogens is 292 g/mol. The molecule has 0 aliphatic heterocycles. The average Bonchev–Trinajstić information content (AvgIpc) is 2.94. The number of nitrogens with two attached hydrogens (primary N) is 1. The number of nitrogen functional groups attached to an aromatic ring is 1. The molecule has 3 nitrogen and oxygen atoms in total. The number of rotatable bonds is 4. The number of hydrogen-bond donors (Lipinski definition) is 1. The van der Waals surface area contributed by atoms with E-state index >= 15 is 0 Å². The van der Waals surface area contributed by atoms with Crippen molar-refractivity contribution in [2.45, 2.75) is 20.5 Å². The molecule has 2 N–H and O–H groups in total. The number of aryl methyl sites for hydroxylation is 2. The summed E-state index contributed by atoms with van der Waals surface area (Å²) in [5.41, 5.74) is 10.2. The van der Waals surface area contributed by atoms with Crippen LogP contribution in [0.25, 0.3) is 10.6 Å². The van der Waals surface area contributed by atoms with Gasteiger partial charge in [-0.2, -0.15) is 0 Å². The van der Waals surface area contributed by atoms with Gasteiger partial charge in [-0.05, 0) is 43.2 Å². The van der Waals surface area contributed by atoms with Crippen molar-refractivity contribution in [1.82, 2.24) is 4.98 Å². The second-order valence-corrected chi connectivity index (χ2v) is 6.48. The van der Waals surface area contributed by atoms with Crippen molar-refractivity contribution in [3.63, 3.8) is 0 Å². The maximum atomic E-state index is 6.12. The van der Waals surface area contributed by atoms with Gasteiger partial charge in [0.15, 0.2) is 0 Å². The molecule has 0 radical (unpaired) electrons. The Morgan fingerprint density at radius 2 is 1.95 bits per heavy atom. The van der Waals surface area contributed by atoms with Gasteiger partial charge in [0.25, 0.3) is 0 Å². The molecule has 3 rings (SSSR count). The quantitative estimate of drug-likeness (QED) is 0.717. The van der Waals surface area contributed by atoms with E-state index in [-0.39, 0.29) is 0 Å². The molecule has 1 heterocycles. The third-order valence-electron chi connectivity index (χ3n) is 3.52. The molecular formula is C18H18N2OS. The van der Waals surface area contributed by atoms with E-state index in [0.29, 0.717) is 18.0 Å². The summed E-state index contributed by atoms with van der Waals surface area (Å²) in [6, 6.07) is 14.0. The van der Waals surface area contributed by atoms with Crippen molar-refractivity contribution >= 4 is 17.0 Å². The van der Waals surface area contributed by atoms with Crippen LogP contribution in [0.2, 0.25) is 0 Å². The summed E-state index contributed by atoms with van der Waals surface area (Å²) in [7, 11) is 0. The van der Waals surface area contributed by atoms with Crippen molar-refractivity contribution in [3.05, 3.63) is 64.7 Å². The van der Waals surface area contributed by atoms with Gasteiger partial charge in [0.05, 0.1) is 5.69 Å². The molecule has 1 aromatic heterocycles. The normalized spacial score (nSPS) is 10.6. The zero-order valence-electron chi connectivity index (χ0n) is 12.7. The SMILES string of the molecule is Cc1cnc(-c2ccc(OCc3ccccc3C)c(N)c2)s1. The van der Waals surface area contributed by atoms with Gasteiger partial charge in [-0.3, -0.25) is 0 Å². The lowest BCUT2D eigenvalue weighted by atomic mass is 10.1.